The van der Waals surface area contributed by atoms with Gasteiger partial charge in [0.1, 0.15) is 0 Å². The van der Waals surface area contributed by atoms with Crippen molar-refractivity contribution in [2.75, 3.05) is 0 Å². The molecule has 0 aliphatic rings. The summed E-state index contributed by atoms with van der Waals surface area (Å²) in [5.41, 5.74) is 0.332. The van der Waals surface area contributed by atoms with E-state index in [0.717, 1.165) is 12.8 Å². The zero-order valence-corrected chi connectivity index (χ0v) is 14.0. The van der Waals surface area contributed by atoms with Gasteiger partial charge in [-0.1, -0.05) is 19.9 Å². The Morgan fingerprint density at radius 2 is 1.76 bits per heavy atom. The molecule has 0 saturated heterocycles. The van der Waals surface area contributed by atoms with Crippen LogP contribution in [-0.4, -0.2) is 27.7 Å². The molecule has 1 unspecified atom stereocenters. The molecule has 0 rings (SSSR count). The summed E-state index contributed by atoms with van der Waals surface area (Å²) in [6, 6.07) is 0. The van der Waals surface area contributed by atoms with Crippen LogP contribution in [0.3, 0.4) is 0 Å². The van der Waals surface area contributed by atoms with Gasteiger partial charge in [0.05, 0.1) is 0 Å². The van der Waals surface area contributed by atoms with E-state index in [1.54, 1.807) is 0 Å². The zero-order chi connectivity index (χ0) is 13.9. The Morgan fingerprint density at radius 3 is 2.06 bits per heavy atom. The van der Waals surface area contributed by atoms with E-state index in [2.05, 4.69) is 46.2 Å². The van der Waals surface area contributed by atoms with E-state index < -0.39 is 22.6 Å². The van der Waals surface area contributed by atoms with Crippen LogP contribution >= 0.6 is 0 Å². The first-order valence-electron chi connectivity index (χ1n) is 6.13. The van der Waals surface area contributed by atoms with Crippen LogP contribution < -0.4 is 0 Å². The smallest absolute Gasteiger partial charge is 0.331 e. The summed E-state index contributed by atoms with van der Waals surface area (Å²) in [5.74, 6) is -0.886. The number of hydrogen-bond donors (Lipinski definition) is 1. The summed E-state index contributed by atoms with van der Waals surface area (Å²) in [5, 5.41) is 9.12. The second-order valence-electron chi connectivity index (χ2n) is 5.99. The standard InChI is InChI=1S/C12H26O3Si2/c1-8-9-11(10(2)12(13)14)17(6,7)15-16(3,4)5/h11H,2,8-9H2,1,3-7H3,(H,13,14). The first-order chi connectivity index (χ1) is 7.51. The molecule has 0 aliphatic heterocycles. The molecule has 0 fully saturated rings. The minimum absolute atomic E-state index is 0.0109. The molecule has 0 spiro atoms. The normalized spacial score (nSPS) is 14.5. The summed E-state index contributed by atoms with van der Waals surface area (Å²) in [6.45, 7) is 16.5. The van der Waals surface area contributed by atoms with E-state index in [1.807, 2.05) is 0 Å². The van der Waals surface area contributed by atoms with Crippen LogP contribution in [0.5, 0.6) is 0 Å². The minimum atomic E-state index is -2.03. The highest BCUT2D eigenvalue weighted by Gasteiger charge is 2.40. The van der Waals surface area contributed by atoms with Crippen LogP contribution in [0.4, 0.5) is 0 Å². The molecule has 100 valence electrons. The molecule has 0 aromatic rings. The van der Waals surface area contributed by atoms with Gasteiger partial charge in [-0.3, -0.25) is 0 Å². The summed E-state index contributed by atoms with van der Waals surface area (Å²) in [6.07, 6.45) is 1.82. The monoisotopic (exact) mass is 274 g/mol. The molecule has 0 aromatic carbocycles. The van der Waals surface area contributed by atoms with Gasteiger partial charge in [0, 0.05) is 11.1 Å². The van der Waals surface area contributed by atoms with Crippen molar-refractivity contribution in [3.63, 3.8) is 0 Å². The van der Waals surface area contributed by atoms with Gasteiger partial charge in [-0.25, -0.2) is 4.79 Å². The van der Waals surface area contributed by atoms with Crippen LogP contribution in [0, 0.1) is 0 Å². The number of carboxylic acid groups (broad SMARTS) is 1. The van der Waals surface area contributed by atoms with Gasteiger partial charge in [0.25, 0.3) is 0 Å². The molecule has 0 amide bonds. The van der Waals surface area contributed by atoms with Crippen LogP contribution in [-0.2, 0) is 8.91 Å². The van der Waals surface area contributed by atoms with Crippen LogP contribution in [0.15, 0.2) is 12.2 Å². The lowest BCUT2D eigenvalue weighted by Crippen LogP contribution is -2.46. The van der Waals surface area contributed by atoms with Crippen LogP contribution in [0.1, 0.15) is 19.8 Å². The first-order valence-corrected chi connectivity index (χ1v) is 12.5. The third-order valence-electron chi connectivity index (χ3n) is 2.68. The van der Waals surface area contributed by atoms with E-state index in [1.165, 1.54) is 0 Å². The van der Waals surface area contributed by atoms with Crippen molar-refractivity contribution in [2.24, 2.45) is 0 Å². The van der Waals surface area contributed by atoms with E-state index in [0.29, 0.717) is 5.57 Å². The Balaban J connectivity index is 5.03. The van der Waals surface area contributed by atoms with E-state index in [4.69, 9.17) is 9.22 Å². The number of rotatable bonds is 7. The van der Waals surface area contributed by atoms with Gasteiger partial charge >= 0.3 is 5.97 Å². The fourth-order valence-electron chi connectivity index (χ4n) is 2.24. The maximum atomic E-state index is 11.1. The summed E-state index contributed by atoms with van der Waals surface area (Å²) in [4.78, 5) is 11.1. The summed E-state index contributed by atoms with van der Waals surface area (Å²) < 4.78 is 6.26. The lowest BCUT2D eigenvalue weighted by Gasteiger charge is -2.37. The van der Waals surface area contributed by atoms with Gasteiger partial charge in [-0.15, -0.1) is 0 Å². The molecule has 0 radical (unpaired) electrons. The van der Waals surface area contributed by atoms with Crippen molar-refractivity contribution in [3.8, 4) is 0 Å². The lowest BCUT2D eigenvalue weighted by atomic mass is 10.1. The van der Waals surface area contributed by atoms with Crippen molar-refractivity contribution in [1.82, 2.24) is 0 Å². The minimum Gasteiger partial charge on any atom is -0.478 e. The second kappa shape index (κ2) is 5.97. The fraction of sp³-hybridized carbons (Fsp3) is 0.750. The van der Waals surface area contributed by atoms with Crippen LogP contribution in [0.25, 0.3) is 0 Å². The Morgan fingerprint density at radius 1 is 1.29 bits per heavy atom. The number of carboxylic acids is 1. The topological polar surface area (TPSA) is 46.5 Å². The summed E-state index contributed by atoms with van der Waals surface area (Å²) in [7, 11) is -3.67. The predicted molar refractivity (Wildman–Crippen MR) is 77.3 cm³/mol. The van der Waals surface area contributed by atoms with Gasteiger partial charge < -0.3 is 9.22 Å². The molecular weight excluding hydrogens is 248 g/mol. The highest BCUT2D eigenvalue weighted by atomic mass is 28.4. The number of hydrogen-bond acceptors (Lipinski definition) is 2. The van der Waals surface area contributed by atoms with E-state index >= 15 is 0 Å². The largest absolute Gasteiger partial charge is 0.478 e. The second-order valence-corrected chi connectivity index (χ2v) is 14.9. The van der Waals surface area contributed by atoms with E-state index in [-0.39, 0.29) is 5.54 Å². The van der Waals surface area contributed by atoms with Gasteiger partial charge in [0.2, 0.25) is 0 Å². The van der Waals surface area contributed by atoms with Crippen molar-refractivity contribution >= 4 is 22.6 Å². The average molecular weight is 275 g/mol. The third kappa shape index (κ3) is 5.65. The molecule has 0 heterocycles. The fourth-order valence-corrected chi connectivity index (χ4v) is 11.1. The lowest BCUT2D eigenvalue weighted by molar-refractivity contribution is -0.132. The molecule has 5 heteroatoms. The Kier molecular flexibility index (Phi) is 5.83. The van der Waals surface area contributed by atoms with Crippen molar-refractivity contribution in [3.05, 3.63) is 12.2 Å². The zero-order valence-electron chi connectivity index (χ0n) is 12.0. The van der Waals surface area contributed by atoms with Gasteiger partial charge in [-0.2, -0.15) is 0 Å². The quantitative estimate of drug-likeness (QED) is 0.566. The number of carbonyl (C=O) groups is 1. The molecule has 3 nitrogen and oxygen atoms in total. The van der Waals surface area contributed by atoms with Crippen molar-refractivity contribution < 1.29 is 14.0 Å². The Labute approximate surface area is 107 Å². The summed E-state index contributed by atoms with van der Waals surface area (Å²) >= 11 is 0. The van der Waals surface area contributed by atoms with Gasteiger partial charge in [0.15, 0.2) is 16.6 Å². The average Bonchev–Trinajstić information content (AvgIpc) is 2.08. The highest BCUT2D eigenvalue weighted by Crippen LogP contribution is 2.36. The Bertz CT molecular complexity index is 293. The molecule has 0 aromatic heterocycles. The molecule has 1 N–H and O–H groups in total. The van der Waals surface area contributed by atoms with Crippen molar-refractivity contribution in [2.45, 2.75) is 58.0 Å². The van der Waals surface area contributed by atoms with Gasteiger partial charge in [-0.05, 0) is 39.2 Å². The Hall–Kier alpha value is -0.396. The highest BCUT2D eigenvalue weighted by molar-refractivity contribution is 6.85. The third-order valence-corrected chi connectivity index (χ3v) is 9.55. The van der Waals surface area contributed by atoms with E-state index in [9.17, 15) is 4.79 Å². The molecule has 0 aliphatic carbocycles. The van der Waals surface area contributed by atoms with Crippen LogP contribution in [0.2, 0.25) is 38.3 Å². The first kappa shape index (κ1) is 16.6. The number of aliphatic carboxylic acids is 1. The maximum absolute atomic E-state index is 11.1. The maximum Gasteiger partial charge on any atom is 0.331 e. The SMILES string of the molecule is C=C(C(=O)O)C(CCC)[Si](C)(C)O[Si](C)(C)C. The molecular formula is C12H26O3Si2. The van der Waals surface area contributed by atoms with Crippen molar-refractivity contribution in [1.29, 1.82) is 0 Å². The molecule has 1 atom stereocenters. The predicted octanol–water partition coefficient (Wildman–Crippen LogP) is 3.85. The molecule has 17 heavy (non-hydrogen) atoms. The molecule has 0 bridgehead atoms. The molecule has 0 saturated carbocycles.